The SMILES string of the molecule is CN=C(NCCCCCCCN(C)C)NCc1ccccc1Cn1cccn1. The van der Waals surface area contributed by atoms with Gasteiger partial charge in [-0.2, -0.15) is 5.10 Å². The number of benzene rings is 1. The number of nitrogens with one attached hydrogen (secondary N) is 2. The Morgan fingerprint density at radius 3 is 2.46 bits per heavy atom. The Morgan fingerprint density at radius 1 is 1.00 bits per heavy atom. The van der Waals surface area contributed by atoms with E-state index in [-0.39, 0.29) is 0 Å². The molecule has 28 heavy (non-hydrogen) atoms. The molecule has 2 aromatic rings. The second-order valence-electron chi connectivity index (χ2n) is 7.40. The molecule has 6 nitrogen and oxygen atoms in total. The zero-order valence-corrected chi connectivity index (χ0v) is 17.7. The second kappa shape index (κ2) is 12.9. The van der Waals surface area contributed by atoms with Crippen LogP contribution in [0.15, 0.2) is 47.7 Å². The van der Waals surface area contributed by atoms with Crippen LogP contribution in [0.2, 0.25) is 0 Å². The largest absolute Gasteiger partial charge is 0.356 e. The maximum atomic E-state index is 4.35. The van der Waals surface area contributed by atoms with Crippen LogP contribution >= 0.6 is 0 Å². The highest BCUT2D eigenvalue weighted by molar-refractivity contribution is 5.79. The molecule has 0 amide bonds. The summed E-state index contributed by atoms with van der Waals surface area (Å²) in [6.07, 6.45) is 10.2. The van der Waals surface area contributed by atoms with E-state index < -0.39 is 0 Å². The Hall–Kier alpha value is -2.34. The summed E-state index contributed by atoms with van der Waals surface area (Å²) in [5.41, 5.74) is 2.54. The van der Waals surface area contributed by atoms with Crippen molar-refractivity contribution >= 4 is 5.96 Å². The molecule has 1 aromatic carbocycles. The highest BCUT2D eigenvalue weighted by atomic mass is 15.3. The van der Waals surface area contributed by atoms with E-state index in [2.05, 4.69) is 64.0 Å². The van der Waals surface area contributed by atoms with Crippen molar-refractivity contribution in [2.45, 2.75) is 45.2 Å². The summed E-state index contributed by atoms with van der Waals surface area (Å²) < 4.78 is 1.95. The third kappa shape index (κ3) is 8.57. The monoisotopic (exact) mass is 384 g/mol. The number of rotatable bonds is 12. The summed E-state index contributed by atoms with van der Waals surface area (Å²) in [6, 6.07) is 10.4. The molecule has 0 aliphatic carbocycles. The van der Waals surface area contributed by atoms with Gasteiger partial charge < -0.3 is 15.5 Å². The van der Waals surface area contributed by atoms with Gasteiger partial charge in [0.15, 0.2) is 5.96 Å². The Kier molecular flexibility index (Phi) is 10.1. The predicted octanol–water partition coefficient (Wildman–Crippen LogP) is 3.11. The third-order valence-electron chi connectivity index (χ3n) is 4.75. The predicted molar refractivity (Wildman–Crippen MR) is 118 cm³/mol. The molecule has 2 rings (SSSR count). The van der Waals surface area contributed by atoms with E-state index >= 15 is 0 Å². The first kappa shape index (κ1) is 22.0. The normalized spacial score (nSPS) is 11.8. The lowest BCUT2D eigenvalue weighted by Gasteiger charge is -2.14. The van der Waals surface area contributed by atoms with Gasteiger partial charge in [0.05, 0.1) is 6.54 Å². The lowest BCUT2D eigenvalue weighted by atomic mass is 10.1. The van der Waals surface area contributed by atoms with Crippen molar-refractivity contribution in [2.75, 3.05) is 34.2 Å². The van der Waals surface area contributed by atoms with Crippen LogP contribution in [0.1, 0.15) is 43.2 Å². The molecule has 0 bridgehead atoms. The minimum absolute atomic E-state index is 0.752. The standard InChI is InChI=1S/C22H36N6/c1-23-22(24-14-9-5-4-6-10-16-27(2)3)25-18-20-12-7-8-13-21(20)19-28-17-11-15-26-28/h7-8,11-13,15,17H,4-6,9-10,14,16,18-19H2,1-3H3,(H2,23,24,25). The van der Waals surface area contributed by atoms with Crippen molar-refractivity contribution < 1.29 is 0 Å². The van der Waals surface area contributed by atoms with Crippen molar-refractivity contribution in [1.82, 2.24) is 25.3 Å². The van der Waals surface area contributed by atoms with Crippen LogP contribution in [0.3, 0.4) is 0 Å². The van der Waals surface area contributed by atoms with Gasteiger partial charge in [-0.3, -0.25) is 9.67 Å². The molecular formula is C22H36N6. The zero-order chi connectivity index (χ0) is 20.0. The Bertz CT molecular complexity index is 678. The second-order valence-corrected chi connectivity index (χ2v) is 7.40. The van der Waals surface area contributed by atoms with E-state index in [1.165, 1.54) is 49.8 Å². The van der Waals surface area contributed by atoms with Gasteiger partial charge >= 0.3 is 0 Å². The summed E-state index contributed by atoms with van der Waals surface area (Å²) in [6.45, 7) is 3.69. The summed E-state index contributed by atoms with van der Waals surface area (Å²) >= 11 is 0. The molecule has 6 heteroatoms. The average molecular weight is 385 g/mol. The molecule has 2 N–H and O–H groups in total. The van der Waals surface area contributed by atoms with Crippen LogP contribution in [-0.2, 0) is 13.1 Å². The summed E-state index contributed by atoms with van der Waals surface area (Å²) in [4.78, 5) is 6.60. The minimum atomic E-state index is 0.752. The molecule has 0 radical (unpaired) electrons. The average Bonchev–Trinajstić information content (AvgIpc) is 3.20. The molecule has 0 atom stereocenters. The zero-order valence-electron chi connectivity index (χ0n) is 17.7. The number of guanidine groups is 1. The first-order chi connectivity index (χ1) is 13.7. The summed E-state index contributed by atoms with van der Waals surface area (Å²) in [7, 11) is 6.10. The number of aromatic nitrogens is 2. The quantitative estimate of drug-likeness (QED) is 0.335. The van der Waals surface area contributed by atoms with Crippen LogP contribution in [-0.4, -0.2) is 54.9 Å². The van der Waals surface area contributed by atoms with Crippen molar-refractivity contribution in [1.29, 1.82) is 0 Å². The van der Waals surface area contributed by atoms with Gasteiger partial charge in [-0.25, -0.2) is 0 Å². The van der Waals surface area contributed by atoms with Gasteiger partial charge in [0.2, 0.25) is 0 Å². The molecule has 1 aromatic heterocycles. The molecule has 0 aliphatic heterocycles. The van der Waals surface area contributed by atoms with Crippen LogP contribution in [0.4, 0.5) is 0 Å². The fourth-order valence-electron chi connectivity index (χ4n) is 3.14. The molecule has 1 heterocycles. The molecule has 0 saturated carbocycles. The third-order valence-corrected chi connectivity index (χ3v) is 4.75. The fraction of sp³-hybridized carbons (Fsp3) is 0.545. The number of hydrogen-bond donors (Lipinski definition) is 2. The van der Waals surface area contributed by atoms with Gasteiger partial charge in [0.25, 0.3) is 0 Å². The van der Waals surface area contributed by atoms with Crippen molar-refractivity contribution in [3.63, 3.8) is 0 Å². The highest BCUT2D eigenvalue weighted by Gasteiger charge is 2.04. The molecule has 0 aliphatic rings. The van der Waals surface area contributed by atoms with E-state index in [1.54, 1.807) is 0 Å². The summed E-state index contributed by atoms with van der Waals surface area (Å²) in [5.74, 6) is 0.863. The van der Waals surface area contributed by atoms with E-state index in [9.17, 15) is 0 Å². The van der Waals surface area contributed by atoms with Crippen molar-refractivity contribution in [2.24, 2.45) is 4.99 Å². The maximum absolute atomic E-state index is 4.35. The molecule has 0 fully saturated rings. The van der Waals surface area contributed by atoms with E-state index in [0.29, 0.717) is 0 Å². The number of aliphatic imine (C=N–C) groups is 1. The van der Waals surface area contributed by atoms with E-state index in [4.69, 9.17) is 0 Å². The van der Waals surface area contributed by atoms with Gasteiger partial charge in [0, 0.05) is 32.5 Å². The molecule has 154 valence electrons. The molecular weight excluding hydrogens is 348 g/mol. The van der Waals surface area contributed by atoms with Gasteiger partial charge in [-0.15, -0.1) is 0 Å². The van der Waals surface area contributed by atoms with E-state index in [1.807, 2.05) is 30.2 Å². The lowest BCUT2D eigenvalue weighted by molar-refractivity contribution is 0.389. The Labute approximate surface area is 170 Å². The smallest absolute Gasteiger partial charge is 0.191 e. The Morgan fingerprint density at radius 2 is 1.75 bits per heavy atom. The summed E-state index contributed by atoms with van der Waals surface area (Å²) in [5, 5.41) is 11.2. The fourth-order valence-corrected chi connectivity index (χ4v) is 3.14. The van der Waals surface area contributed by atoms with Crippen LogP contribution < -0.4 is 10.6 Å². The van der Waals surface area contributed by atoms with Crippen LogP contribution in [0, 0.1) is 0 Å². The number of hydrogen-bond acceptors (Lipinski definition) is 3. The molecule has 0 saturated heterocycles. The first-order valence-electron chi connectivity index (χ1n) is 10.3. The van der Waals surface area contributed by atoms with Crippen LogP contribution in [0.5, 0.6) is 0 Å². The van der Waals surface area contributed by atoms with Gasteiger partial charge in [0.1, 0.15) is 0 Å². The highest BCUT2D eigenvalue weighted by Crippen LogP contribution is 2.10. The minimum Gasteiger partial charge on any atom is -0.356 e. The van der Waals surface area contributed by atoms with Crippen LogP contribution in [0.25, 0.3) is 0 Å². The lowest BCUT2D eigenvalue weighted by Crippen LogP contribution is -2.37. The van der Waals surface area contributed by atoms with E-state index in [0.717, 1.165) is 25.6 Å². The van der Waals surface area contributed by atoms with Gasteiger partial charge in [-0.1, -0.05) is 43.5 Å². The molecule has 0 unspecified atom stereocenters. The topological polar surface area (TPSA) is 57.5 Å². The Balaban J connectivity index is 1.67. The van der Waals surface area contributed by atoms with Crippen molar-refractivity contribution in [3.05, 3.63) is 53.9 Å². The van der Waals surface area contributed by atoms with Crippen molar-refractivity contribution in [3.8, 4) is 0 Å². The molecule has 0 spiro atoms. The van der Waals surface area contributed by atoms with Gasteiger partial charge in [-0.05, 0) is 50.7 Å². The number of unbranched alkanes of at least 4 members (excludes halogenated alkanes) is 4. The number of nitrogens with zero attached hydrogens (tertiary/aromatic N) is 4. The maximum Gasteiger partial charge on any atom is 0.191 e. The first-order valence-corrected chi connectivity index (χ1v) is 10.3.